The summed E-state index contributed by atoms with van der Waals surface area (Å²) >= 11 is 0. The summed E-state index contributed by atoms with van der Waals surface area (Å²) in [6.45, 7) is 5.10. The van der Waals surface area contributed by atoms with Crippen molar-refractivity contribution in [3.05, 3.63) is 41.5 Å². The van der Waals surface area contributed by atoms with Gasteiger partial charge in [-0.25, -0.2) is 0 Å². The van der Waals surface area contributed by atoms with Crippen LogP contribution in [-0.4, -0.2) is 6.54 Å². The van der Waals surface area contributed by atoms with Crippen LogP contribution in [0.3, 0.4) is 0 Å². The number of rotatable bonds is 5. The predicted octanol–water partition coefficient (Wildman–Crippen LogP) is 3.56. The van der Waals surface area contributed by atoms with Crippen molar-refractivity contribution in [3.63, 3.8) is 0 Å². The summed E-state index contributed by atoms with van der Waals surface area (Å²) in [6.07, 6.45) is 6.50. The summed E-state index contributed by atoms with van der Waals surface area (Å²) in [6, 6.07) is 8.74. The summed E-state index contributed by atoms with van der Waals surface area (Å²) in [4.78, 5) is 0. The maximum absolute atomic E-state index is 5.44. The highest BCUT2D eigenvalue weighted by Gasteiger charge is 2.05. The minimum atomic E-state index is 0.606. The lowest BCUT2D eigenvalue weighted by molar-refractivity contribution is 0.642. The molecule has 15 heavy (non-hydrogen) atoms. The highest BCUT2D eigenvalue weighted by molar-refractivity contribution is 5.50. The average molecular weight is 203 g/mol. The van der Waals surface area contributed by atoms with Crippen LogP contribution in [0.2, 0.25) is 0 Å². The molecule has 0 spiro atoms. The van der Waals surface area contributed by atoms with Crippen LogP contribution in [0.15, 0.2) is 30.3 Å². The Morgan fingerprint density at radius 1 is 1.27 bits per heavy atom. The Morgan fingerprint density at radius 3 is 2.60 bits per heavy atom. The molecule has 1 nitrogen and oxygen atoms in total. The minimum Gasteiger partial charge on any atom is -0.327 e. The van der Waals surface area contributed by atoms with Crippen molar-refractivity contribution in [2.45, 2.75) is 32.6 Å². The molecule has 0 radical (unpaired) electrons. The third kappa shape index (κ3) is 3.52. The van der Waals surface area contributed by atoms with Crippen molar-refractivity contribution in [3.8, 4) is 0 Å². The lowest BCUT2D eigenvalue weighted by atomic mass is 9.93. The number of benzene rings is 1. The third-order valence-corrected chi connectivity index (χ3v) is 2.81. The van der Waals surface area contributed by atoms with E-state index in [0.29, 0.717) is 12.5 Å². The van der Waals surface area contributed by atoms with E-state index in [1.807, 2.05) is 6.08 Å². The zero-order valence-electron chi connectivity index (χ0n) is 9.74. The predicted molar refractivity (Wildman–Crippen MR) is 67.9 cm³/mol. The number of hydrogen-bond acceptors (Lipinski definition) is 1. The molecule has 0 atom stereocenters. The Balaban J connectivity index is 2.86. The van der Waals surface area contributed by atoms with Crippen LogP contribution >= 0.6 is 0 Å². The summed E-state index contributed by atoms with van der Waals surface area (Å²) in [5.74, 6) is 0.691. The van der Waals surface area contributed by atoms with E-state index in [-0.39, 0.29) is 0 Å². The highest BCUT2D eigenvalue weighted by atomic mass is 14.5. The van der Waals surface area contributed by atoms with Crippen LogP contribution in [0.1, 0.15) is 43.7 Å². The maximum Gasteiger partial charge on any atom is 0.0110 e. The van der Waals surface area contributed by atoms with Gasteiger partial charge in [0, 0.05) is 6.54 Å². The van der Waals surface area contributed by atoms with Crippen molar-refractivity contribution in [2.24, 2.45) is 5.73 Å². The molecule has 0 aliphatic heterocycles. The second-order valence-corrected chi connectivity index (χ2v) is 3.82. The van der Waals surface area contributed by atoms with E-state index >= 15 is 0 Å². The Labute approximate surface area is 93.0 Å². The second kappa shape index (κ2) is 6.41. The molecule has 0 unspecified atom stereocenters. The van der Waals surface area contributed by atoms with Crippen molar-refractivity contribution < 1.29 is 0 Å². The van der Waals surface area contributed by atoms with Gasteiger partial charge in [-0.05, 0) is 29.9 Å². The molecule has 0 saturated carbocycles. The van der Waals surface area contributed by atoms with Gasteiger partial charge in [0.2, 0.25) is 0 Å². The standard InChI is InChI=1S/C14H21N/c1-3-13(4-2)14-9-5-7-12(11-14)8-6-10-15/h5-9,11,13H,3-4,10,15H2,1-2H3/b8-6+. The quantitative estimate of drug-likeness (QED) is 0.778. The first-order chi connectivity index (χ1) is 7.31. The number of hydrogen-bond donors (Lipinski definition) is 1. The Kier molecular flexibility index (Phi) is 5.13. The maximum atomic E-state index is 5.44. The smallest absolute Gasteiger partial charge is 0.0110 e. The van der Waals surface area contributed by atoms with E-state index in [0.717, 1.165) is 0 Å². The molecule has 0 aliphatic carbocycles. The normalized spacial score (nSPS) is 11.5. The van der Waals surface area contributed by atoms with Crippen LogP contribution in [0, 0.1) is 0 Å². The molecule has 0 bridgehead atoms. The second-order valence-electron chi connectivity index (χ2n) is 3.82. The first-order valence-corrected chi connectivity index (χ1v) is 5.78. The lowest BCUT2D eigenvalue weighted by Gasteiger charge is -2.13. The topological polar surface area (TPSA) is 26.0 Å². The van der Waals surface area contributed by atoms with Crippen molar-refractivity contribution in [1.29, 1.82) is 0 Å². The summed E-state index contributed by atoms with van der Waals surface area (Å²) in [7, 11) is 0. The van der Waals surface area contributed by atoms with E-state index in [1.54, 1.807) is 0 Å². The molecular formula is C14H21N. The molecule has 0 aromatic heterocycles. The first kappa shape index (κ1) is 12.0. The van der Waals surface area contributed by atoms with Crippen LogP contribution in [0.5, 0.6) is 0 Å². The van der Waals surface area contributed by atoms with E-state index in [9.17, 15) is 0 Å². The van der Waals surface area contributed by atoms with Crippen LogP contribution in [0.25, 0.3) is 6.08 Å². The van der Waals surface area contributed by atoms with Gasteiger partial charge in [-0.3, -0.25) is 0 Å². The molecular weight excluding hydrogens is 182 g/mol. The van der Waals surface area contributed by atoms with Crippen LogP contribution in [-0.2, 0) is 0 Å². The molecule has 0 fully saturated rings. The SMILES string of the molecule is CCC(CC)c1cccc(/C=C/CN)c1. The number of nitrogens with two attached hydrogens (primary N) is 1. The largest absolute Gasteiger partial charge is 0.327 e. The van der Waals surface area contributed by atoms with Gasteiger partial charge in [0.1, 0.15) is 0 Å². The molecule has 1 heteroatoms. The molecule has 82 valence electrons. The molecule has 0 heterocycles. The fourth-order valence-corrected chi connectivity index (χ4v) is 1.88. The van der Waals surface area contributed by atoms with Gasteiger partial charge in [-0.1, -0.05) is 50.3 Å². The van der Waals surface area contributed by atoms with Crippen molar-refractivity contribution in [1.82, 2.24) is 0 Å². The summed E-state index contributed by atoms with van der Waals surface area (Å²) in [5.41, 5.74) is 8.14. The van der Waals surface area contributed by atoms with E-state index < -0.39 is 0 Å². The van der Waals surface area contributed by atoms with Gasteiger partial charge < -0.3 is 5.73 Å². The fourth-order valence-electron chi connectivity index (χ4n) is 1.88. The van der Waals surface area contributed by atoms with Gasteiger partial charge in [0.15, 0.2) is 0 Å². The summed E-state index contributed by atoms with van der Waals surface area (Å²) in [5, 5.41) is 0. The molecule has 0 aliphatic rings. The molecule has 1 aromatic rings. The van der Waals surface area contributed by atoms with Gasteiger partial charge in [0.05, 0.1) is 0 Å². The van der Waals surface area contributed by atoms with Crippen molar-refractivity contribution >= 4 is 6.08 Å². The van der Waals surface area contributed by atoms with Gasteiger partial charge >= 0.3 is 0 Å². The van der Waals surface area contributed by atoms with E-state index in [2.05, 4.69) is 44.2 Å². The Hall–Kier alpha value is -1.08. The lowest BCUT2D eigenvalue weighted by Crippen LogP contribution is -1.95. The van der Waals surface area contributed by atoms with Gasteiger partial charge in [-0.2, -0.15) is 0 Å². The zero-order chi connectivity index (χ0) is 11.1. The monoisotopic (exact) mass is 203 g/mol. The van der Waals surface area contributed by atoms with E-state index in [1.165, 1.54) is 24.0 Å². The highest BCUT2D eigenvalue weighted by Crippen LogP contribution is 2.23. The summed E-state index contributed by atoms with van der Waals surface area (Å²) < 4.78 is 0. The molecule has 2 N–H and O–H groups in total. The molecule has 0 saturated heterocycles. The van der Waals surface area contributed by atoms with E-state index in [4.69, 9.17) is 5.73 Å². The third-order valence-electron chi connectivity index (χ3n) is 2.81. The van der Waals surface area contributed by atoms with Crippen LogP contribution in [0.4, 0.5) is 0 Å². The van der Waals surface area contributed by atoms with Gasteiger partial charge in [0.25, 0.3) is 0 Å². The first-order valence-electron chi connectivity index (χ1n) is 5.78. The molecule has 0 amide bonds. The zero-order valence-corrected chi connectivity index (χ0v) is 9.74. The average Bonchev–Trinajstić information content (AvgIpc) is 2.29. The fraction of sp³-hybridized carbons (Fsp3) is 0.429. The minimum absolute atomic E-state index is 0.606. The van der Waals surface area contributed by atoms with Gasteiger partial charge in [-0.15, -0.1) is 0 Å². The Morgan fingerprint density at radius 2 is 2.00 bits per heavy atom. The van der Waals surface area contributed by atoms with Crippen molar-refractivity contribution in [2.75, 3.05) is 6.54 Å². The molecule has 1 rings (SSSR count). The Bertz CT molecular complexity index is 311. The molecule has 1 aromatic carbocycles. The van der Waals surface area contributed by atoms with Crippen LogP contribution < -0.4 is 5.73 Å².